The Kier molecular flexibility index (Phi) is 6.00. The van der Waals surface area contributed by atoms with Crippen molar-refractivity contribution >= 4 is 23.4 Å². The Bertz CT molecular complexity index is 1260. The van der Waals surface area contributed by atoms with Gasteiger partial charge in [0.05, 0.1) is 31.0 Å². The molecule has 8 nitrogen and oxygen atoms in total. The van der Waals surface area contributed by atoms with Gasteiger partial charge in [0.25, 0.3) is 6.17 Å². The summed E-state index contributed by atoms with van der Waals surface area (Å²) in [5, 5.41) is 5.14. The summed E-state index contributed by atoms with van der Waals surface area (Å²) in [6.07, 6.45) is 0.999. The Hall–Kier alpha value is -3.59. The summed E-state index contributed by atoms with van der Waals surface area (Å²) < 4.78 is 12.6. The quantitative estimate of drug-likeness (QED) is 0.352. The van der Waals surface area contributed by atoms with E-state index < -0.39 is 6.17 Å². The molecule has 1 aliphatic rings. The van der Waals surface area contributed by atoms with Crippen molar-refractivity contribution in [1.29, 1.82) is 0 Å². The first-order chi connectivity index (χ1) is 15.5. The zero-order valence-electron chi connectivity index (χ0n) is 18.0. The Morgan fingerprint density at radius 3 is 2.75 bits per heavy atom. The normalized spacial score (nSPS) is 14.3. The third-order valence-electron chi connectivity index (χ3n) is 5.15. The average molecular weight is 452 g/mol. The smallest absolute Gasteiger partial charge is 0.325 e. The Morgan fingerprint density at radius 2 is 2.06 bits per heavy atom. The molecule has 3 aromatic rings. The summed E-state index contributed by atoms with van der Waals surface area (Å²) in [5.74, 6) is 1.51. The number of amides is 1. The predicted molar refractivity (Wildman–Crippen MR) is 122 cm³/mol. The van der Waals surface area contributed by atoms with Crippen LogP contribution in [0.25, 0.3) is 11.3 Å². The zero-order chi connectivity index (χ0) is 22.8. The zero-order valence-corrected chi connectivity index (χ0v) is 18.8. The van der Waals surface area contributed by atoms with Crippen molar-refractivity contribution in [3.05, 3.63) is 71.0 Å². The molecular formula is C23H23N4O4S+. The highest BCUT2D eigenvalue weighted by Gasteiger charge is 2.46. The molecule has 0 saturated carbocycles. The van der Waals surface area contributed by atoms with Crippen LogP contribution in [0, 0.1) is 0 Å². The van der Waals surface area contributed by atoms with Crippen LogP contribution in [-0.4, -0.2) is 36.0 Å². The van der Waals surface area contributed by atoms with E-state index in [-0.39, 0.29) is 11.5 Å². The Labute approximate surface area is 189 Å². The highest BCUT2D eigenvalue weighted by Crippen LogP contribution is 2.40. The van der Waals surface area contributed by atoms with E-state index in [0.717, 1.165) is 0 Å². The van der Waals surface area contributed by atoms with Gasteiger partial charge >= 0.3 is 11.3 Å². The topological polar surface area (TPSA) is 88.4 Å². The van der Waals surface area contributed by atoms with E-state index in [0.29, 0.717) is 44.9 Å². The number of ether oxygens (including phenoxy) is 2. The molecule has 4 rings (SSSR count). The number of para-hydroxylation sites is 1. The van der Waals surface area contributed by atoms with Gasteiger partial charge in [0, 0.05) is 23.8 Å². The number of carbonyl (C=O) groups is 1. The summed E-state index contributed by atoms with van der Waals surface area (Å²) in [4.78, 5) is 30.6. The van der Waals surface area contributed by atoms with E-state index >= 15 is 0 Å². The molecule has 1 N–H and O–H groups in total. The lowest BCUT2D eigenvalue weighted by atomic mass is 10.0. The van der Waals surface area contributed by atoms with Gasteiger partial charge in [-0.2, -0.15) is 0 Å². The number of aromatic nitrogens is 3. The van der Waals surface area contributed by atoms with Crippen molar-refractivity contribution in [3.8, 4) is 22.8 Å². The van der Waals surface area contributed by atoms with Crippen molar-refractivity contribution < 1.29 is 19.0 Å². The molecule has 1 aromatic heterocycles. The van der Waals surface area contributed by atoms with Crippen LogP contribution < -0.4 is 24.6 Å². The summed E-state index contributed by atoms with van der Waals surface area (Å²) in [5.41, 5.74) is 1.99. The standard InChI is InChI=1S/C23H22N4O4S/c1-5-12-32-23-24-21(29)20-16-8-6-7-9-18(16)26(14(2)28)22(27(20)25-23)17-11-10-15(30-3)13-19(17)31-4/h5-11,13,22H,1,12H2,2-4H3/p+1. The second-order valence-electron chi connectivity index (χ2n) is 7.04. The van der Waals surface area contributed by atoms with Crippen LogP contribution >= 0.6 is 11.8 Å². The second kappa shape index (κ2) is 8.88. The van der Waals surface area contributed by atoms with Crippen LogP contribution in [-0.2, 0) is 4.79 Å². The van der Waals surface area contributed by atoms with Crippen molar-refractivity contribution in [2.75, 3.05) is 24.9 Å². The fraction of sp³-hybridized carbons (Fsp3) is 0.217. The first-order valence-corrected chi connectivity index (χ1v) is 10.9. The second-order valence-corrected chi connectivity index (χ2v) is 8.05. The molecule has 0 fully saturated rings. The van der Waals surface area contributed by atoms with Gasteiger partial charge in [-0.3, -0.25) is 14.6 Å². The van der Waals surface area contributed by atoms with Crippen LogP contribution in [0.5, 0.6) is 11.5 Å². The van der Waals surface area contributed by atoms with Gasteiger partial charge in [0.1, 0.15) is 11.5 Å². The Balaban J connectivity index is 2.05. The maximum atomic E-state index is 13.2. The Morgan fingerprint density at radius 1 is 1.28 bits per heavy atom. The van der Waals surface area contributed by atoms with Crippen molar-refractivity contribution in [3.63, 3.8) is 0 Å². The summed E-state index contributed by atoms with van der Waals surface area (Å²) >= 11 is 1.35. The van der Waals surface area contributed by atoms with E-state index in [2.05, 4.69) is 11.6 Å². The summed E-state index contributed by atoms with van der Waals surface area (Å²) in [7, 11) is 3.12. The fourth-order valence-electron chi connectivity index (χ4n) is 3.83. The van der Waals surface area contributed by atoms with Crippen LogP contribution in [0.2, 0.25) is 0 Å². The molecule has 0 aliphatic carbocycles. The number of rotatable bonds is 6. The number of carbonyl (C=O) groups excluding carboxylic acids is 1. The number of methoxy groups -OCH3 is 2. The van der Waals surface area contributed by atoms with Crippen molar-refractivity contribution in [1.82, 2.24) is 10.1 Å². The monoisotopic (exact) mass is 451 g/mol. The molecule has 2 aromatic carbocycles. The maximum absolute atomic E-state index is 13.2. The minimum absolute atomic E-state index is 0.194. The third-order valence-corrected chi connectivity index (χ3v) is 6.01. The van der Waals surface area contributed by atoms with Gasteiger partial charge in [0.2, 0.25) is 11.1 Å². The highest BCUT2D eigenvalue weighted by molar-refractivity contribution is 7.99. The summed E-state index contributed by atoms with van der Waals surface area (Å²) in [6, 6.07) is 12.7. The highest BCUT2D eigenvalue weighted by atomic mass is 32.2. The van der Waals surface area contributed by atoms with E-state index in [1.54, 1.807) is 42.0 Å². The molecule has 1 aliphatic heterocycles. The first kappa shape index (κ1) is 21.6. The number of thioether (sulfide) groups is 1. The first-order valence-electron chi connectivity index (χ1n) is 9.91. The van der Waals surface area contributed by atoms with Crippen molar-refractivity contribution in [2.24, 2.45) is 0 Å². The van der Waals surface area contributed by atoms with E-state index in [1.165, 1.54) is 18.7 Å². The van der Waals surface area contributed by atoms with Gasteiger partial charge in [-0.25, -0.2) is 4.90 Å². The number of benzene rings is 2. The number of anilines is 1. The molecule has 9 heteroatoms. The number of hydrogen-bond acceptors (Lipinski definition) is 6. The molecule has 1 atom stereocenters. The number of nitrogens with one attached hydrogen (secondary N) is 1. The molecule has 164 valence electrons. The van der Waals surface area contributed by atoms with Gasteiger partial charge in [0.15, 0.2) is 0 Å². The maximum Gasteiger partial charge on any atom is 0.325 e. The van der Waals surface area contributed by atoms with Crippen molar-refractivity contribution in [2.45, 2.75) is 18.2 Å². The molecule has 0 spiro atoms. The van der Waals surface area contributed by atoms with E-state index in [4.69, 9.17) is 14.6 Å². The number of hydrogen-bond donors (Lipinski definition) is 1. The SMILES string of the molecule is C=CCSc1n[n+]2c(c(=O)[nH]1)-c1ccccc1N(C(C)=O)C2c1ccc(OC)cc1OC. The van der Waals surface area contributed by atoms with Crippen LogP contribution in [0.1, 0.15) is 18.7 Å². The lowest BCUT2D eigenvalue weighted by Gasteiger charge is -2.31. The minimum atomic E-state index is -0.733. The van der Waals surface area contributed by atoms with Gasteiger partial charge in [-0.15, -0.1) is 6.58 Å². The van der Waals surface area contributed by atoms with E-state index in [1.807, 2.05) is 30.3 Å². The number of H-pyrrole nitrogens is 1. The van der Waals surface area contributed by atoms with Gasteiger partial charge in [-0.05, 0) is 28.9 Å². The predicted octanol–water partition coefficient (Wildman–Crippen LogP) is 2.93. The van der Waals surface area contributed by atoms with Crippen LogP contribution in [0.3, 0.4) is 0 Å². The largest absolute Gasteiger partial charge is 0.497 e. The van der Waals surface area contributed by atoms with Gasteiger partial charge in [-0.1, -0.05) is 30.0 Å². The minimum Gasteiger partial charge on any atom is -0.497 e. The molecule has 0 saturated heterocycles. The van der Waals surface area contributed by atoms with E-state index in [9.17, 15) is 9.59 Å². The molecule has 1 amide bonds. The number of nitrogens with zero attached hydrogens (tertiary/aromatic N) is 3. The van der Waals surface area contributed by atoms with Gasteiger partial charge < -0.3 is 9.47 Å². The summed E-state index contributed by atoms with van der Waals surface area (Å²) in [6.45, 7) is 5.22. The van der Waals surface area contributed by atoms with Crippen LogP contribution in [0.15, 0.2) is 65.1 Å². The number of aromatic amines is 1. The molecule has 0 radical (unpaired) electrons. The molecule has 0 bridgehead atoms. The molecule has 1 unspecified atom stereocenters. The molecular weight excluding hydrogens is 428 g/mol. The lowest BCUT2D eigenvalue weighted by Crippen LogP contribution is -2.60. The third kappa shape index (κ3) is 3.64. The molecule has 32 heavy (non-hydrogen) atoms. The fourth-order valence-corrected chi connectivity index (χ4v) is 4.41. The lowest BCUT2D eigenvalue weighted by molar-refractivity contribution is -0.763. The average Bonchev–Trinajstić information content (AvgIpc) is 2.81. The number of fused-ring (bicyclic) bond motifs is 3. The molecule has 2 heterocycles. The van der Waals surface area contributed by atoms with Crippen LogP contribution in [0.4, 0.5) is 5.69 Å².